The molecule has 2 aliphatic rings. The zero-order valence-electron chi connectivity index (χ0n) is 18.0. The maximum Gasteiger partial charge on any atom is 0.243 e. The molecule has 3 atom stereocenters. The highest BCUT2D eigenvalue weighted by molar-refractivity contribution is 5.89. The van der Waals surface area contributed by atoms with Gasteiger partial charge in [0.1, 0.15) is 5.69 Å². The first-order valence-corrected chi connectivity index (χ1v) is 11.3. The van der Waals surface area contributed by atoms with Crippen molar-refractivity contribution in [1.82, 2.24) is 15.3 Å². The van der Waals surface area contributed by atoms with Crippen LogP contribution in [0, 0.1) is 23.2 Å². The number of carbonyl (C=O) groups excluding carboxylic acids is 1. The van der Waals surface area contributed by atoms with Gasteiger partial charge in [0.25, 0.3) is 0 Å². The number of carbonyl (C=O) groups is 1. The predicted molar refractivity (Wildman–Crippen MR) is 118 cm³/mol. The highest BCUT2D eigenvalue weighted by atomic mass is 16.2. The Bertz CT molecular complexity index is 936. The molecule has 1 saturated heterocycles. The van der Waals surface area contributed by atoms with Gasteiger partial charge in [0, 0.05) is 19.1 Å². The number of anilines is 1. The first kappa shape index (κ1) is 20.6. The van der Waals surface area contributed by atoms with E-state index < -0.39 is 5.92 Å². The van der Waals surface area contributed by atoms with Gasteiger partial charge < -0.3 is 10.2 Å². The number of aromatic nitrogens is 2. The Morgan fingerprint density at radius 1 is 1.10 bits per heavy atom. The lowest BCUT2D eigenvalue weighted by atomic mass is 9.91. The van der Waals surface area contributed by atoms with Crippen LogP contribution in [0.2, 0.25) is 0 Å². The highest BCUT2D eigenvalue weighted by Gasteiger charge is 2.32. The molecule has 0 radical (unpaired) electrons. The standard InChI is InChI=1S/C24H31N5O/c1-16-12-17(2)15-29(14-16)23-22(27-20-10-6-7-11-21(20)28-23)19(13-25)24(30)26-18-8-4-3-5-9-18/h6-7,10-11,16-19H,3-5,8-9,12,14-15H2,1-2H3,(H,26,30)/t16-,17+,19-/m0/s1. The quantitative estimate of drug-likeness (QED) is 0.826. The lowest BCUT2D eigenvalue weighted by molar-refractivity contribution is -0.122. The van der Waals surface area contributed by atoms with Crippen LogP contribution in [0.1, 0.15) is 64.0 Å². The topological polar surface area (TPSA) is 81.9 Å². The zero-order chi connectivity index (χ0) is 21.1. The molecular weight excluding hydrogens is 374 g/mol. The van der Waals surface area contributed by atoms with Gasteiger partial charge in [-0.25, -0.2) is 9.97 Å². The van der Waals surface area contributed by atoms with Gasteiger partial charge in [-0.1, -0.05) is 45.2 Å². The highest BCUT2D eigenvalue weighted by Crippen LogP contribution is 2.32. The molecule has 1 aromatic heterocycles. The summed E-state index contributed by atoms with van der Waals surface area (Å²) in [6.07, 6.45) is 6.64. The van der Waals surface area contributed by atoms with E-state index in [1.165, 1.54) is 12.8 Å². The Kier molecular flexibility index (Phi) is 6.17. The molecule has 1 saturated carbocycles. The molecule has 1 aliphatic carbocycles. The van der Waals surface area contributed by atoms with Crippen molar-refractivity contribution in [2.24, 2.45) is 11.8 Å². The molecule has 0 unspecified atom stereocenters. The fraction of sp³-hybridized carbons (Fsp3) is 0.583. The number of hydrogen-bond acceptors (Lipinski definition) is 5. The Morgan fingerprint density at radius 3 is 2.37 bits per heavy atom. The fourth-order valence-electron chi connectivity index (χ4n) is 5.04. The largest absolute Gasteiger partial charge is 0.355 e. The van der Waals surface area contributed by atoms with Gasteiger partial charge in [-0.15, -0.1) is 0 Å². The minimum atomic E-state index is -0.952. The van der Waals surface area contributed by atoms with E-state index in [1.807, 2.05) is 24.3 Å². The Balaban J connectivity index is 1.71. The van der Waals surface area contributed by atoms with Crippen LogP contribution < -0.4 is 10.2 Å². The van der Waals surface area contributed by atoms with E-state index in [2.05, 4.69) is 30.1 Å². The second kappa shape index (κ2) is 8.99. The molecule has 6 heteroatoms. The van der Waals surface area contributed by atoms with Crippen LogP contribution in [0.15, 0.2) is 24.3 Å². The van der Waals surface area contributed by atoms with Crippen molar-refractivity contribution in [3.8, 4) is 6.07 Å². The third-order valence-corrected chi connectivity index (χ3v) is 6.36. The maximum atomic E-state index is 13.1. The number of nitrogens with zero attached hydrogens (tertiary/aromatic N) is 4. The van der Waals surface area contributed by atoms with Crippen molar-refractivity contribution in [2.75, 3.05) is 18.0 Å². The minimum absolute atomic E-state index is 0.161. The average Bonchev–Trinajstić information content (AvgIpc) is 2.74. The predicted octanol–water partition coefficient (Wildman–Crippen LogP) is 4.17. The van der Waals surface area contributed by atoms with Gasteiger partial charge in [0.05, 0.1) is 17.1 Å². The van der Waals surface area contributed by atoms with Gasteiger partial charge >= 0.3 is 0 Å². The number of amides is 1. The van der Waals surface area contributed by atoms with Gasteiger partial charge in [-0.2, -0.15) is 5.26 Å². The summed E-state index contributed by atoms with van der Waals surface area (Å²) in [6.45, 7) is 6.22. The van der Waals surface area contributed by atoms with Gasteiger partial charge in [-0.05, 0) is 43.2 Å². The van der Waals surface area contributed by atoms with E-state index in [4.69, 9.17) is 9.97 Å². The lowest BCUT2D eigenvalue weighted by Gasteiger charge is -2.37. The fourth-order valence-corrected chi connectivity index (χ4v) is 5.04. The molecule has 2 aromatic rings. The van der Waals surface area contributed by atoms with E-state index in [0.29, 0.717) is 23.3 Å². The Labute approximate surface area is 178 Å². The van der Waals surface area contributed by atoms with Gasteiger partial charge in [0.15, 0.2) is 11.7 Å². The summed E-state index contributed by atoms with van der Waals surface area (Å²) < 4.78 is 0. The summed E-state index contributed by atoms with van der Waals surface area (Å²) in [6, 6.07) is 10.1. The second-order valence-electron chi connectivity index (χ2n) is 9.18. The summed E-state index contributed by atoms with van der Waals surface area (Å²) in [5.74, 6) is 0.565. The molecule has 30 heavy (non-hydrogen) atoms. The first-order valence-electron chi connectivity index (χ1n) is 11.3. The van der Waals surface area contributed by atoms with Crippen LogP contribution in [0.25, 0.3) is 11.0 Å². The third kappa shape index (κ3) is 4.40. The number of piperidine rings is 1. The van der Waals surface area contributed by atoms with Crippen molar-refractivity contribution in [3.63, 3.8) is 0 Å². The number of nitrogens with one attached hydrogen (secondary N) is 1. The van der Waals surface area contributed by atoms with Crippen LogP contribution in [0.3, 0.4) is 0 Å². The molecule has 0 spiro atoms. The number of fused-ring (bicyclic) bond motifs is 1. The first-order chi connectivity index (χ1) is 14.5. The van der Waals surface area contributed by atoms with E-state index in [0.717, 1.165) is 49.8 Å². The second-order valence-corrected chi connectivity index (χ2v) is 9.18. The molecule has 6 nitrogen and oxygen atoms in total. The number of nitriles is 1. The molecule has 2 fully saturated rings. The van der Waals surface area contributed by atoms with Crippen molar-refractivity contribution in [2.45, 2.75) is 64.3 Å². The van der Waals surface area contributed by atoms with Crippen molar-refractivity contribution in [1.29, 1.82) is 5.26 Å². The summed E-state index contributed by atoms with van der Waals surface area (Å²) in [5.41, 5.74) is 2.01. The van der Waals surface area contributed by atoms with Crippen LogP contribution in [-0.4, -0.2) is 35.0 Å². The molecule has 0 bridgehead atoms. The van der Waals surface area contributed by atoms with Crippen molar-refractivity contribution >= 4 is 22.8 Å². The average molecular weight is 406 g/mol. The molecule has 1 aliphatic heterocycles. The molecular formula is C24H31N5O. The third-order valence-electron chi connectivity index (χ3n) is 6.36. The summed E-state index contributed by atoms with van der Waals surface area (Å²) in [7, 11) is 0. The van der Waals surface area contributed by atoms with Crippen molar-refractivity contribution < 1.29 is 4.79 Å². The molecule has 158 valence electrons. The normalized spacial score (nSPS) is 23.7. The van der Waals surface area contributed by atoms with Gasteiger partial charge in [-0.3, -0.25) is 4.79 Å². The zero-order valence-corrected chi connectivity index (χ0v) is 18.0. The number of para-hydroxylation sites is 2. The number of rotatable bonds is 4. The Hall–Kier alpha value is -2.68. The van der Waals surface area contributed by atoms with Crippen molar-refractivity contribution in [3.05, 3.63) is 30.0 Å². The minimum Gasteiger partial charge on any atom is -0.355 e. The summed E-state index contributed by atoms with van der Waals surface area (Å²) in [4.78, 5) is 25.0. The van der Waals surface area contributed by atoms with Crippen LogP contribution >= 0.6 is 0 Å². The van der Waals surface area contributed by atoms with Crippen LogP contribution in [0.5, 0.6) is 0 Å². The summed E-state index contributed by atoms with van der Waals surface area (Å²) >= 11 is 0. The molecule has 1 N–H and O–H groups in total. The number of hydrogen-bond donors (Lipinski definition) is 1. The SMILES string of the molecule is C[C@@H]1C[C@H](C)CN(c2nc3ccccc3nc2[C@H](C#N)C(=O)NC2CCCCC2)C1. The molecule has 2 heterocycles. The van der Waals surface area contributed by atoms with Crippen LogP contribution in [-0.2, 0) is 4.79 Å². The van der Waals surface area contributed by atoms with E-state index in [1.54, 1.807) is 0 Å². The monoisotopic (exact) mass is 405 g/mol. The molecule has 1 amide bonds. The van der Waals surface area contributed by atoms with E-state index in [-0.39, 0.29) is 11.9 Å². The summed E-state index contributed by atoms with van der Waals surface area (Å²) in [5, 5.41) is 13.1. The Morgan fingerprint density at radius 2 is 1.73 bits per heavy atom. The van der Waals surface area contributed by atoms with E-state index >= 15 is 0 Å². The van der Waals surface area contributed by atoms with E-state index in [9.17, 15) is 10.1 Å². The van der Waals surface area contributed by atoms with Gasteiger partial charge in [0.2, 0.25) is 5.91 Å². The molecule has 4 rings (SSSR count). The smallest absolute Gasteiger partial charge is 0.243 e. The number of benzene rings is 1. The molecule has 1 aromatic carbocycles. The lowest BCUT2D eigenvalue weighted by Crippen LogP contribution is -2.42. The maximum absolute atomic E-state index is 13.1. The van der Waals surface area contributed by atoms with Crippen LogP contribution in [0.4, 0.5) is 5.82 Å².